The third kappa shape index (κ3) is 5.92. The second kappa shape index (κ2) is 10.8. The number of halogens is 1. The van der Waals surface area contributed by atoms with Gasteiger partial charge in [-0.05, 0) is 91.7 Å². The number of nitrogens with one attached hydrogen (secondary N) is 3. The summed E-state index contributed by atoms with van der Waals surface area (Å²) in [7, 11) is 1.78. The molecule has 1 saturated heterocycles. The topological polar surface area (TPSA) is 81.6 Å². The van der Waals surface area contributed by atoms with Gasteiger partial charge in [-0.1, -0.05) is 0 Å². The van der Waals surface area contributed by atoms with Crippen molar-refractivity contribution in [3.63, 3.8) is 0 Å². The Kier molecular flexibility index (Phi) is 7.09. The van der Waals surface area contributed by atoms with Gasteiger partial charge in [0.25, 0.3) is 5.91 Å². The van der Waals surface area contributed by atoms with Gasteiger partial charge < -0.3 is 30.5 Å². The summed E-state index contributed by atoms with van der Waals surface area (Å²) in [6.45, 7) is 1.74. The smallest absolute Gasteiger partial charge is 0.272 e. The number of hydrogen-bond acceptors (Lipinski definition) is 5. The van der Waals surface area contributed by atoms with Crippen molar-refractivity contribution in [3.8, 4) is 0 Å². The first-order valence-electron chi connectivity index (χ1n) is 12.3. The first-order valence-corrected chi connectivity index (χ1v) is 12.3. The van der Waals surface area contributed by atoms with Crippen LogP contribution in [0.1, 0.15) is 23.3 Å². The summed E-state index contributed by atoms with van der Waals surface area (Å²) in [5, 5.41) is 18.9. The molecule has 0 spiro atoms. The monoisotopic (exact) mass is 499 g/mol. The summed E-state index contributed by atoms with van der Waals surface area (Å²) in [5.41, 5.74) is 4.99. The lowest BCUT2D eigenvalue weighted by Gasteiger charge is -2.31. The quantitative estimate of drug-likeness (QED) is 0.256. The fourth-order valence-corrected chi connectivity index (χ4v) is 4.43. The predicted octanol–water partition coefficient (Wildman–Crippen LogP) is 5.86. The van der Waals surface area contributed by atoms with Crippen molar-refractivity contribution in [2.45, 2.75) is 18.9 Å². The van der Waals surface area contributed by atoms with Crippen LogP contribution in [0.2, 0.25) is 0 Å². The van der Waals surface area contributed by atoms with Crippen LogP contribution < -0.4 is 20.9 Å². The lowest BCUT2D eigenvalue weighted by Crippen LogP contribution is -2.35. The van der Waals surface area contributed by atoms with Crippen molar-refractivity contribution in [2.24, 2.45) is 7.05 Å². The lowest BCUT2D eigenvalue weighted by molar-refractivity contribution is 0.101. The Bertz CT molecular complexity index is 1360. The van der Waals surface area contributed by atoms with Crippen molar-refractivity contribution >= 4 is 40.0 Å². The first kappa shape index (κ1) is 24.4. The van der Waals surface area contributed by atoms with Crippen molar-refractivity contribution in [1.82, 2.24) is 4.57 Å². The normalized spacial score (nSPS) is 13.9. The van der Waals surface area contributed by atoms with Crippen LogP contribution in [0.25, 0.3) is 0 Å². The SMILES string of the molecule is Cn1cccc1C(=O)Nc1ccc(Nc2ccc(Nc3ccc(N4CCC(O)CC4)cc3)cc2)c(F)c1. The average Bonchev–Trinajstić information content (AvgIpc) is 3.34. The number of carbonyl (C=O) groups excluding carboxylic acids is 1. The van der Waals surface area contributed by atoms with E-state index in [0.717, 1.165) is 48.7 Å². The maximum absolute atomic E-state index is 14.7. The molecule has 0 saturated carbocycles. The zero-order valence-corrected chi connectivity index (χ0v) is 20.6. The molecule has 190 valence electrons. The molecule has 2 heterocycles. The summed E-state index contributed by atoms with van der Waals surface area (Å²) in [4.78, 5) is 14.7. The summed E-state index contributed by atoms with van der Waals surface area (Å²) in [5.74, 6) is -0.758. The van der Waals surface area contributed by atoms with Gasteiger partial charge in [0.2, 0.25) is 0 Å². The Labute approximate surface area is 215 Å². The molecule has 0 bridgehead atoms. The van der Waals surface area contributed by atoms with Gasteiger partial charge in [0.15, 0.2) is 0 Å². The van der Waals surface area contributed by atoms with Gasteiger partial charge in [0.1, 0.15) is 11.5 Å². The molecule has 1 aliphatic heterocycles. The van der Waals surface area contributed by atoms with E-state index in [-0.39, 0.29) is 12.0 Å². The summed E-state index contributed by atoms with van der Waals surface area (Å²) in [6.07, 6.45) is 3.21. The Morgan fingerprint density at radius 1 is 0.865 bits per heavy atom. The average molecular weight is 500 g/mol. The van der Waals surface area contributed by atoms with E-state index in [2.05, 4.69) is 33.0 Å². The van der Waals surface area contributed by atoms with Crippen LogP contribution in [-0.4, -0.2) is 34.8 Å². The highest BCUT2D eigenvalue weighted by atomic mass is 19.1. The Morgan fingerprint density at radius 2 is 1.46 bits per heavy atom. The Balaban J connectivity index is 1.17. The maximum atomic E-state index is 14.7. The van der Waals surface area contributed by atoms with Gasteiger partial charge in [0, 0.05) is 54.8 Å². The molecule has 1 fully saturated rings. The minimum Gasteiger partial charge on any atom is -0.393 e. The highest BCUT2D eigenvalue weighted by Gasteiger charge is 2.17. The van der Waals surface area contributed by atoms with E-state index in [0.29, 0.717) is 17.1 Å². The minimum atomic E-state index is -0.463. The van der Waals surface area contributed by atoms with E-state index in [9.17, 15) is 14.3 Å². The van der Waals surface area contributed by atoms with Crippen molar-refractivity contribution < 1.29 is 14.3 Å². The second-order valence-corrected chi connectivity index (χ2v) is 9.25. The third-order valence-electron chi connectivity index (χ3n) is 6.55. The molecule has 0 atom stereocenters. The number of aromatic nitrogens is 1. The molecule has 7 nitrogen and oxygen atoms in total. The van der Waals surface area contributed by atoms with Crippen LogP contribution in [0.4, 0.5) is 38.5 Å². The number of nitrogens with zero attached hydrogens (tertiary/aromatic N) is 2. The number of amides is 1. The molecule has 5 rings (SSSR count). The third-order valence-corrected chi connectivity index (χ3v) is 6.55. The number of piperidine rings is 1. The van der Waals surface area contributed by atoms with E-state index in [1.165, 1.54) is 6.07 Å². The zero-order valence-electron chi connectivity index (χ0n) is 20.6. The van der Waals surface area contributed by atoms with E-state index in [4.69, 9.17) is 0 Å². The maximum Gasteiger partial charge on any atom is 0.272 e. The summed E-state index contributed by atoms with van der Waals surface area (Å²) in [6, 6.07) is 23.9. The molecule has 0 radical (unpaired) electrons. The minimum absolute atomic E-state index is 0.182. The van der Waals surface area contributed by atoms with Crippen molar-refractivity contribution in [1.29, 1.82) is 0 Å². The van der Waals surface area contributed by atoms with Gasteiger partial charge >= 0.3 is 0 Å². The molecule has 4 aromatic rings. The molecular formula is C29H30FN5O2. The molecule has 4 N–H and O–H groups in total. The molecule has 37 heavy (non-hydrogen) atoms. The predicted molar refractivity (Wildman–Crippen MR) is 147 cm³/mol. The standard InChI is InChI=1S/C29H30FN5O2/c1-34-16-2-3-28(34)29(37)33-23-10-13-27(26(30)19-23)32-22-6-4-20(5-7-22)31-21-8-11-24(12-9-21)35-17-14-25(36)15-18-35/h2-13,16,19,25,31-32,36H,14-15,17-18H2,1H3,(H,33,37). The van der Waals surface area contributed by atoms with Crippen LogP contribution in [0.3, 0.4) is 0 Å². The number of hydrogen-bond donors (Lipinski definition) is 4. The van der Waals surface area contributed by atoms with Gasteiger partial charge in [-0.25, -0.2) is 4.39 Å². The second-order valence-electron chi connectivity index (χ2n) is 9.25. The zero-order chi connectivity index (χ0) is 25.8. The summed E-state index contributed by atoms with van der Waals surface area (Å²) >= 11 is 0. The first-order chi connectivity index (χ1) is 17.9. The number of aliphatic hydroxyl groups excluding tert-OH is 1. The van der Waals surface area contributed by atoms with Crippen molar-refractivity contribution in [3.05, 3.63) is 96.6 Å². The Morgan fingerprint density at radius 3 is 2.05 bits per heavy atom. The molecular weight excluding hydrogens is 469 g/mol. The van der Waals surface area contributed by atoms with Crippen LogP contribution in [0, 0.1) is 5.82 Å². The van der Waals surface area contributed by atoms with Crippen molar-refractivity contribution in [2.75, 3.05) is 33.9 Å². The fourth-order valence-electron chi connectivity index (χ4n) is 4.43. The molecule has 1 aliphatic rings. The number of benzene rings is 3. The molecule has 1 aromatic heterocycles. The fraction of sp³-hybridized carbons (Fsp3) is 0.207. The molecule has 1 amide bonds. The number of rotatable bonds is 7. The Hall–Kier alpha value is -4.30. The lowest BCUT2D eigenvalue weighted by atomic mass is 10.1. The van der Waals surface area contributed by atoms with Crippen LogP contribution in [-0.2, 0) is 7.05 Å². The van der Waals surface area contributed by atoms with E-state index < -0.39 is 5.82 Å². The van der Waals surface area contributed by atoms with Gasteiger partial charge in [-0.15, -0.1) is 0 Å². The largest absolute Gasteiger partial charge is 0.393 e. The number of anilines is 6. The highest BCUT2D eigenvalue weighted by Crippen LogP contribution is 2.27. The highest BCUT2D eigenvalue weighted by molar-refractivity contribution is 6.03. The molecule has 0 unspecified atom stereocenters. The number of aryl methyl sites for hydroxylation is 1. The van der Waals surface area contributed by atoms with Crippen LogP contribution in [0.5, 0.6) is 0 Å². The summed E-state index contributed by atoms with van der Waals surface area (Å²) < 4.78 is 16.4. The number of carbonyl (C=O) groups is 1. The van der Waals surface area contributed by atoms with Crippen LogP contribution in [0.15, 0.2) is 85.1 Å². The van der Waals surface area contributed by atoms with E-state index in [1.807, 2.05) is 36.4 Å². The van der Waals surface area contributed by atoms with Gasteiger partial charge in [0.05, 0.1) is 11.8 Å². The van der Waals surface area contributed by atoms with Crippen LogP contribution >= 0.6 is 0 Å². The van der Waals surface area contributed by atoms with Gasteiger partial charge in [-0.2, -0.15) is 0 Å². The van der Waals surface area contributed by atoms with Gasteiger partial charge in [-0.3, -0.25) is 4.79 Å². The van der Waals surface area contributed by atoms with E-state index in [1.54, 1.807) is 42.1 Å². The molecule has 0 aliphatic carbocycles. The number of aliphatic hydroxyl groups is 1. The van der Waals surface area contributed by atoms with E-state index >= 15 is 0 Å². The molecule has 8 heteroatoms. The molecule has 3 aromatic carbocycles.